The van der Waals surface area contributed by atoms with Crippen LogP contribution in [0.3, 0.4) is 0 Å². The quantitative estimate of drug-likeness (QED) is 0.617. The van der Waals surface area contributed by atoms with E-state index in [1.165, 1.54) is 5.56 Å². The summed E-state index contributed by atoms with van der Waals surface area (Å²) in [5, 5.41) is 3.59. The molecule has 0 bridgehead atoms. The average molecular weight is 418 g/mol. The lowest BCUT2D eigenvalue weighted by atomic mass is 10.1. The maximum atomic E-state index is 5.48. The van der Waals surface area contributed by atoms with Gasteiger partial charge in [0.25, 0.3) is 0 Å². The van der Waals surface area contributed by atoms with Crippen LogP contribution < -0.4 is 24.4 Å². The van der Waals surface area contributed by atoms with E-state index in [1.807, 2.05) is 36.4 Å². The minimum Gasteiger partial charge on any atom is -0.493 e. The fourth-order valence-corrected chi connectivity index (χ4v) is 3.78. The van der Waals surface area contributed by atoms with Gasteiger partial charge in [-0.05, 0) is 35.4 Å². The number of para-hydroxylation sites is 1. The summed E-state index contributed by atoms with van der Waals surface area (Å²) in [5.41, 5.74) is 3.32. The van der Waals surface area contributed by atoms with Crippen molar-refractivity contribution in [1.29, 1.82) is 0 Å². The molecule has 1 atom stereocenters. The molecule has 1 saturated heterocycles. The zero-order valence-electron chi connectivity index (χ0n) is 18.0. The summed E-state index contributed by atoms with van der Waals surface area (Å²) in [7, 11) is 4.84. The molecule has 1 unspecified atom stereocenters. The van der Waals surface area contributed by atoms with Crippen molar-refractivity contribution < 1.29 is 14.2 Å². The molecule has 0 aliphatic carbocycles. The molecule has 0 aromatic heterocycles. The van der Waals surface area contributed by atoms with E-state index in [9.17, 15) is 0 Å². The lowest BCUT2D eigenvalue weighted by Gasteiger charge is -2.18. The van der Waals surface area contributed by atoms with Crippen molar-refractivity contribution in [2.45, 2.75) is 12.6 Å². The summed E-state index contributed by atoms with van der Waals surface area (Å²) < 4.78 is 16.4. The summed E-state index contributed by atoms with van der Waals surface area (Å²) >= 11 is 0. The lowest BCUT2D eigenvalue weighted by Crippen LogP contribution is -2.30. The van der Waals surface area contributed by atoms with E-state index in [1.54, 1.807) is 21.3 Å². The molecule has 0 spiro atoms. The number of methoxy groups -OCH3 is 3. The molecule has 1 aliphatic rings. The molecular weight excluding hydrogens is 390 g/mol. The monoisotopic (exact) mass is 417 g/mol. The third-order valence-electron chi connectivity index (χ3n) is 5.33. The van der Waals surface area contributed by atoms with Crippen LogP contribution in [0, 0.1) is 0 Å². The first-order valence-electron chi connectivity index (χ1n) is 10.2. The van der Waals surface area contributed by atoms with E-state index < -0.39 is 0 Å². The second-order valence-electron chi connectivity index (χ2n) is 7.23. The van der Waals surface area contributed by atoms with Crippen molar-refractivity contribution in [1.82, 2.24) is 5.32 Å². The molecule has 3 aromatic carbocycles. The first-order valence-corrected chi connectivity index (χ1v) is 10.2. The number of hydrogen-bond acceptors (Lipinski definition) is 4. The van der Waals surface area contributed by atoms with Crippen LogP contribution in [0.5, 0.6) is 17.2 Å². The number of hydrogen-bond donors (Lipinski definition) is 1. The Morgan fingerprint density at radius 2 is 1.48 bits per heavy atom. The van der Waals surface area contributed by atoms with Crippen molar-refractivity contribution >= 4 is 11.6 Å². The highest BCUT2D eigenvalue weighted by molar-refractivity contribution is 5.98. The van der Waals surface area contributed by atoms with Gasteiger partial charge in [0, 0.05) is 5.69 Å². The van der Waals surface area contributed by atoms with Gasteiger partial charge in [-0.25, -0.2) is 4.99 Å². The fraction of sp³-hybridized carbons (Fsp3) is 0.240. The third-order valence-corrected chi connectivity index (χ3v) is 5.33. The van der Waals surface area contributed by atoms with Crippen LogP contribution in [0.25, 0.3) is 0 Å². The van der Waals surface area contributed by atoms with Crippen molar-refractivity contribution in [3.63, 3.8) is 0 Å². The summed E-state index contributed by atoms with van der Waals surface area (Å²) in [4.78, 5) is 7.13. The molecular formula is C25H27N3O3. The molecule has 0 saturated carbocycles. The molecule has 0 amide bonds. The number of anilines is 1. The average Bonchev–Trinajstić information content (AvgIpc) is 3.27. The van der Waals surface area contributed by atoms with Gasteiger partial charge in [0.15, 0.2) is 17.5 Å². The Kier molecular flexibility index (Phi) is 6.26. The van der Waals surface area contributed by atoms with Crippen LogP contribution in [0.1, 0.15) is 17.2 Å². The predicted molar refractivity (Wildman–Crippen MR) is 123 cm³/mol. The first kappa shape index (κ1) is 20.6. The van der Waals surface area contributed by atoms with Crippen LogP contribution in [0.4, 0.5) is 5.69 Å². The van der Waals surface area contributed by atoms with Gasteiger partial charge in [0.1, 0.15) is 0 Å². The molecule has 1 fully saturated rings. The van der Waals surface area contributed by atoms with Crippen LogP contribution in [-0.4, -0.2) is 33.8 Å². The van der Waals surface area contributed by atoms with Gasteiger partial charge in [-0.3, -0.25) is 0 Å². The van der Waals surface area contributed by atoms with Gasteiger partial charge >= 0.3 is 0 Å². The standard InChI is InChI=1S/C25H27N3O3/c1-29-22-14-18(15-23(30-2)24(22)31-3)16-26-25-27-21(19-10-6-4-7-11-19)17-28(25)20-12-8-5-9-13-20/h4-15,21H,16-17H2,1-3H3,(H,26,27). The molecule has 1 heterocycles. The van der Waals surface area contributed by atoms with Gasteiger partial charge in [-0.15, -0.1) is 0 Å². The highest BCUT2D eigenvalue weighted by Gasteiger charge is 2.29. The maximum absolute atomic E-state index is 5.48. The van der Waals surface area contributed by atoms with Gasteiger partial charge < -0.3 is 24.4 Å². The Morgan fingerprint density at radius 3 is 2.06 bits per heavy atom. The molecule has 160 valence electrons. The number of aliphatic imine (C=N–C) groups is 1. The zero-order chi connectivity index (χ0) is 21.6. The SMILES string of the molecule is COc1cc(CN=C2NC(c3ccccc3)CN2c2ccccc2)cc(OC)c1OC. The Balaban J connectivity index is 1.64. The Hall–Kier alpha value is -3.67. The largest absolute Gasteiger partial charge is 0.493 e. The molecule has 1 aliphatic heterocycles. The Labute approximate surface area is 183 Å². The van der Waals surface area contributed by atoms with Crippen molar-refractivity contribution in [2.75, 3.05) is 32.8 Å². The van der Waals surface area contributed by atoms with E-state index in [2.05, 4.69) is 46.6 Å². The van der Waals surface area contributed by atoms with Gasteiger partial charge in [-0.2, -0.15) is 0 Å². The van der Waals surface area contributed by atoms with Crippen molar-refractivity contribution in [2.24, 2.45) is 4.99 Å². The van der Waals surface area contributed by atoms with Crippen LogP contribution in [0.2, 0.25) is 0 Å². The molecule has 3 aromatic rings. The maximum Gasteiger partial charge on any atom is 0.203 e. The van der Waals surface area contributed by atoms with Crippen LogP contribution >= 0.6 is 0 Å². The van der Waals surface area contributed by atoms with Crippen LogP contribution in [0.15, 0.2) is 77.8 Å². The van der Waals surface area contributed by atoms with Gasteiger partial charge in [0.2, 0.25) is 5.75 Å². The summed E-state index contributed by atoms with van der Waals surface area (Å²) in [6.45, 7) is 1.28. The fourth-order valence-electron chi connectivity index (χ4n) is 3.78. The molecule has 1 N–H and O–H groups in total. The number of rotatable bonds is 7. The topological polar surface area (TPSA) is 55.3 Å². The number of nitrogens with one attached hydrogen (secondary N) is 1. The number of nitrogens with zero attached hydrogens (tertiary/aromatic N) is 2. The van der Waals surface area contributed by atoms with Crippen molar-refractivity contribution in [3.8, 4) is 17.2 Å². The number of benzene rings is 3. The second-order valence-corrected chi connectivity index (χ2v) is 7.23. The number of guanidine groups is 1. The first-order chi connectivity index (χ1) is 15.2. The molecule has 6 nitrogen and oxygen atoms in total. The van der Waals surface area contributed by atoms with E-state index in [0.29, 0.717) is 23.8 Å². The minimum absolute atomic E-state index is 0.167. The molecule has 4 rings (SSSR count). The normalized spacial score (nSPS) is 16.8. The van der Waals surface area contributed by atoms with Gasteiger partial charge in [-0.1, -0.05) is 48.5 Å². The zero-order valence-corrected chi connectivity index (χ0v) is 18.0. The van der Waals surface area contributed by atoms with E-state index in [-0.39, 0.29) is 6.04 Å². The lowest BCUT2D eigenvalue weighted by molar-refractivity contribution is 0.324. The third kappa shape index (κ3) is 4.43. The summed E-state index contributed by atoms with van der Waals surface area (Å²) in [6.07, 6.45) is 0. The minimum atomic E-state index is 0.167. The van der Waals surface area contributed by atoms with Gasteiger partial charge in [0.05, 0.1) is 40.5 Å². The van der Waals surface area contributed by atoms with Crippen LogP contribution in [-0.2, 0) is 6.54 Å². The van der Waals surface area contributed by atoms with E-state index in [0.717, 1.165) is 23.8 Å². The second kappa shape index (κ2) is 9.43. The molecule has 6 heteroatoms. The highest BCUT2D eigenvalue weighted by Crippen LogP contribution is 2.38. The smallest absolute Gasteiger partial charge is 0.203 e. The molecule has 0 radical (unpaired) electrons. The Bertz CT molecular complexity index is 1010. The van der Waals surface area contributed by atoms with E-state index >= 15 is 0 Å². The number of ether oxygens (including phenoxy) is 3. The summed E-state index contributed by atoms with van der Waals surface area (Å²) in [5.74, 6) is 2.67. The predicted octanol–water partition coefficient (Wildman–Crippen LogP) is 4.42. The molecule has 31 heavy (non-hydrogen) atoms. The van der Waals surface area contributed by atoms with Crippen molar-refractivity contribution in [3.05, 3.63) is 83.9 Å². The van der Waals surface area contributed by atoms with E-state index in [4.69, 9.17) is 19.2 Å². The Morgan fingerprint density at radius 1 is 0.871 bits per heavy atom. The summed E-state index contributed by atoms with van der Waals surface area (Å²) in [6, 6.07) is 24.8. The highest BCUT2D eigenvalue weighted by atomic mass is 16.5.